The fourth-order valence-corrected chi connectivity index (χ4v) is 3.70. The summed E-state index contributed by atoms with van der Waals surface area (Å²) in [6.07, 6.45) is -0.304. The third-order valence-corrected chi connectivity index (χ3v) is 5.42. The number of hydrogen-bond donors (Lipinski definition) is 1. The van der Waals surface area contributed by atoms with Gasteiger partial charge in [0.1, 0.15) is 6.10 Å². The zero-order valence-corrected chi connectivity index (χ0v) is 12.7. The molecule has 21 heavy (non-hydrogen) atoms. The molecule has 1 aromatic rings. The first-order valence-electron chi connectivity index (χ1n) is 6.95. The number of methoxy groups -OCH3 is 1. The average molecular weight is 313 g/mol. The minimum absolute atomic E-state index is 0.0165. The van der Waals surface area contributed by atoms with E-state index in [1.165, 1.54) is 0 Å². The van der Waals surface area contributed by atoms with Crippen LogP contribution in [0.1, 0.15) is 11.7 Å². The van der Waals surface area contributed by atoms with Crippen LogP contribution in [0.2, 0.25) is 0 Å². The molecule has 0 spiro atoms. The van der Waals surface area contributed by atoms with E-state index in [1.54, 1.807) is 7.11 Å². The predicted molar refractivity (Wildman–Crippen MR) is 77.6 cm³/mol. The van der Waals surface area contributed by atoms with Crippen LogP contribution in [0.15, 0.2) is 18.2 Å². The van der Waals surface area contributed by atoms with E-state index in [2.05, 4.69) is 5.32 Å². The van der Waals surface area contributed by atoms with E-state index in [9.17, 15) is 8.42 Å². The van der Waals surface area contributed by atoms with Gasteiger partial charge in [-0.1, -0.05) is 6.07 Å². The molecule has 1 N–H and O–H groups in total. The van der Waals surface area contributed by atoms with Crippen LogP contribution in [0, 0.1) is 0 Å². The minimum Gasteiger partial charge on any atom is -0.493 e. The summed E-state index contributed by atoms with van der Waals surface area (Å²) in [6, 6.07) is 5.65. The summed E-state index contributed by atoms with van der Waals surface area (Å²) in [6.45, 7) is 2.28. The largest absolute Gasteiger partial charge is 0.493 e. The van der Waals surface area contributed by atoms with Crippen LogP contribution in [0.5, 0.6) is 11.5 Å². The highest BCUT2D eigenvalue weighted by Gasteiger charge is 2.35. The van der Waals surface area contributed by atoms with E-state index in [0.717, 1.165) is 18.7 Å². The Hall–Kier alpha value is -1.31. The quantitative estimate of drug-likeness (QED) is 0.874. The topological polar surface area (TPSA) is 73.9 Å². The van der Waals surface area contributed by atoms with Gasteiger partial charge in [-0.05, 0) is 17.7 Å². The molecule has 0 aliphatic carbocycles. The van der Waals surface area contributed by atoms with Gasteiger partial charge in [0.2, 0.25) is 0 Å². The van der Waals surface area contributed by atoms with Crippen molar-refractivity contribution in [3.63, 3.8) is 0 Å². The number of sulfone groups is 1. The van der Waals surface area contributed by atoms with Crippen LogP contribution in [0.3, 0.4) is 0 Å². The molecular weight excluding hydrogens is 294 g/mol. The van der Waals surface area contributed by atoms with Crippen molar-refractivity contribution >= 4 is 9.84 Å². The van der Waals surface area contributed by atoms with E-state index in [4.69, 9.17) is 14.2 Å². The van der Waals surface area contributed by atoms with E-state index < -0.39 is 9.84 Å². The fraction of sp³-hybridized carbons (Fsp3) is 0.571. The van der Waals surface area contributed by atoms with Gasteiger partial charge in [0.15, 0.2) is 21.3 Å². The maximum atomic E-state index is 11.2. The Morgan fingerprint density at radius 2 is 2.10 bits per heavy atom. The van der Waals surface area contributed by atoms with Crippen LogP contribution in [-0.4, -0.2) is 52.8 Å². The molecule has 1 unspecified atom stereocenters. The number of ether oxygens (including phenoxy) is 3. The van der Waals surface area contributed by atoms with E-state index >= 15 is 0 Å². The first kappa shape index (κ1) is 14.6. The van der Waals surface area contributed by atoms with Crippen molar-refractivity contribution in [2.45, 2.75) is 12.2 Å². The Balaban J connectivity index is 1.76. The Bertz CT molecular complexity index is 598. The lowest BCUT2D eigenvalue weighted by atomic mass is 10.1. The molecule has 2 fully saturated rings. The molecule has 7 heteroatoms. The van der Waals surface area contributed by atoms with E-state index in [1.807, 2.05) is 18.2 Å². The first-order valence-corrected chi connectivity index (χ1v) is 8.77. The molecule has 1 atom stereocenters. The molecule has 0 radical (unpaired) electrons. The van der Waals surface area contributed by atoms with Gasteiger partial charge in [-0.15, -0.1) is 0 Å². The maximum absolute atomic E-state index is 11.2. The molecule has 2 saturated heterocycles. The van der Waals surface area contributed by atoms with Crippen molar-refractivity contribution in [3.8, 4) is 11.5 Å². The van der Waals surface area contributed by atoms with Gasteiger partial charge in [-0.25, -0.2) is 8.42 Å². The summed E-state index contributed by atoms with van der Waals surface area (Å²) < 4.78 is 39.2. The Morgan fingerprint density at radius 3 is 2.71 bits per heavy atom. The van der Waals surface area contributed by atoms with Gasteiger partial charge in [0, 0.05) is 13.1 Å². The molecule has 0 saturated carbocycles. The Morgan fingerprint density at radius 1 is 1.29 bits per heavy atom. The molecule has 2 heterocycles. The van der Waals surface area contributed by atoms with Crippen molar-refractivity contribution < 1.29 is 22.6 Å². The molecule has 1 aromatic carbocycles. The van der Waals surface area contributed by atoms with Crippen LogP contribution in [0.25, 0.3) is 0 Å². The SMILES string of the molecule is COc1ccc(C2CNCCO2)cc1OC1CS(=O)(=O)C1. The summed E-state index contributed by atoms with van der Waals surface area (Å²) >= 11 is 0. The van der Waals surface area contributed by atoms with Crippen molar-refractivity contribution in [1.29, 1.82) is 0 Å². The summed E-state index contributed by atoms with van der Waals surface area (Å²) in [4.78, 5) is 0. The molecule has 0 bridgehead atoms. The van der Waals surface area contributed by atoms with E-state index in [0.29, 0.717) is 18.1 Å². The second-order valence-corrected chi connectivity index (χ2v) is 7.44. The third-order valence-electron chi connectivity index (χ3n) is 3.66. The molecule has 6 nitrogen and oxygen atoms in total. The Labute approximate surface area is 124 Å². The van der Waals surface area contributed by atoms with Crippen LogP contribution >= 0.6 is 0 Å². The lowest BCUT2D eigenvalue weighted by Gasteiger charge is -2.28. The molecule has 0 amide bonds. The van der Waals surface area contributed by atoms with E-state index in [-0.39, 0.29) is 23.7 Å². The van der Waals surface area contributed by atoms with Crippen LogP contribution < -0.4 is 14.8 Å². The number of hydrogen-bond acceptors (Lipinski definition) is 6. The lowest BCUT2D eigenvalue weighted by molar-refractivity contribution is 0.0274. The van der Waals surface area contributed by atoms with Crippen molar-refractivity contribution in [2.24, 2.45) is 0 Å². The van der Waals surface area contributed by atoms with Crippen molar-refractivity contribution in [3.05, 3.63) is 23.8 Å². The second-order valence-electron chi connectivity index (χ2n) is 5.29. The highest BCUT2D eigenvalue weighted by Crippen LogP contribution is 2.33. The molecule has 0 aromatic heterocycles. The number of morpholine rings is 1. The smallest absolute Gasteiger partial charge is 0.162 e. The zero-order valence-electron chi connectivity index (χ0n) is 11.9. The highest BCUT2D eigenvalue weighted by atomic mass is 32.2. The monoisotopic (exact) mass is 313 g/mol. The third kappa shape index (κ3) is 3.30. The molecule has 2 aliphatic heterocycles. The predicted octanol–water partition coefficient (Wildman–Crippen LogP) is 0.532. The maximum Gasteiger partial charge on any atom is 0.162 e. The van der Waals surface area contributed by atoms with Gasteiger partial charge in [-0.2, -0.15) is 0 Å². The molecule has 3 rings (SSSR count). The standard InChI is InChI=1S/C14H19NO5S/c1-18-12-3-2-10(14-7-15-4-5-19-14)6-13(12)20-11-8-21(16,17)9-11/h2-3,6,11,14-15H,4-5,7-9H2,1H3. The van der Waals surface area contributed by atoms with Gasteiger partial charge in [0.25, 0.3) is 0 Å². The average Bonchev–Trinajstić information content (AvgIpc) is 2.46. The fourth-order valence-electron chi connectivity index (χ4n) is 2.53. The first-order chi connectivity index (χ1) is 10.1. The van der Waals surface area contributed by atoms with Crippen molar-refractivity contribution in [2.75, 3.05) is 38.3 Å². The highest BCUT2D eigenvalue weighted by molar-refractivity contribution is 7.92. The minimum atomic E-state index is -2.90. The summed E-state index contributed by atoms with van der Waals surface area (Å²) in [5.74, 6) is 1.32. The Kier molecular flexibility index (Phi) is 4.05. The second kappa shape index (κ2) is 5.82. The summed E-state index contributed by atoms with van der Waals surface area (Å²) in [5, 5.41) is 3.28. The molecule has 116 valence electrons. The van der Waals surface area contributed by atoms with Crippen LogP contribution in [0.4, 0.5) is 0 Å². The number of nitrogens with one attached hydrogen (secondary N) is 1. The molecular formula is C14H19NO5S. The number of benzene rings is 1. The molecule has 2 aliphatic rings. The van der Waals surface area contributed by atoms with Gasteiger partial charge >= 0.3 is 0 Å². The van der Waals surface area contributed by atoms with Gasteiger partial charge in [0.05, 0.1) is 31.3 Å². The lowest BCUT2D eigenvalue weighted by Crippen LogP contribution is -2.45. The van der Waals surface area contributed by atoms with Gasteiger partial charge < -0.3 is 19.5 Å². The number of rotatable bonds is 4. The summed E-state index contributed by atoms with van der Waals surface area (Å²) in [5.41, 5.74) is 1.00. The van der Waals surface area contributed by atoms with Gasteiger partial charge in [-0.3, -0.25) is 0 Å². The normalized spacial score (nSPS) is 25.1. The van der Waals surface area contributed by atoms with Crippen LogP contribution in [-0.2, 0) is 14.6 Å². The zero-order chi connectivity index (χ0) is 14.9. The summed E-state index contributed by atoms with van der Waals surface area (Å²) in [7, 11) is -1.33. The van der Waals surface area contributed by atoms with Crippen molar-refractivity contribution in [1.82, 2.24) is 5.32 Å².